The van der Waals surface area contributed by atoms with Crippen molar-refractivity contribution in [3.8, 4) is 0 Å². The third kappa shape index (κ3) is 13.4. The highest BCUT2D eigenvalue weighted by molar-refractivity contribution is 6.62. The van der Waals surface area contributed by atoms with E-state index in [1.165, 1.54) is 43.4 Å². The highest BCUT2D eigenvalue weighted by Crippen LogP contribution is 2.38. The molecule has 3 amide bonds. The normalized spacial score (nSPS) is 17.8. The average molecular weight is 1040 g/mol. The van der Waals surface area contributed by atoms with E-state index in [4.69, 9.17) is 19.4 Å². The van der Waals surface area contributed by atoms with E-state index in [1.807, 2.05) is 11.0 Å². The molecular weight excluding hydrogens is 968 g/mol. The first-order valence-corrected chi connectivity index (χ1v) is 27.1. The number of hydrogen-bond donors (Lipinski definition) is 1. The zero-order valence-corrected chi connectivity index (χ0v) is 45.5. The van der Waals surface area contributed by atoms with Crippen LogP contribution in [0.4, 0.5) is 21.0 Å². The number of amides is 3. The fourth-order valence-electron chi connectivity index (χ4n) is 11.1. The van der Waals surface area contributed by atoms with Crippen LogP contribution < -0.4 is 15.1 Å². The lowest BCUT2D eigenvalue weighted by Gasteiger charge is -2.34. The van der Waals surface area contributed by atoms with Crippen LogP contribution >= 0.6 is 11.6 Å². The van der Waals surface area contributed by atoms with Gasteiger partial charge in [-0.05, 0) is 99.4 Å². The van der Waals surface area contributed by atoms with E-state index in [9.17, 15) is 19.2 Å². The topological polar surface area (TPSA) is 151 Å². The highest BCUT2D eigenvalue weighted by atomic mass is 35.5. The highest BCUT2D eigenvalue weighted by Gasteiger charge is 2.33. The molecule has 10 rings (SSSR count). The number of rotatable bonds is 12. The van der Waals surface area contributed by atoms with E-state index in [-0.39, 0.29) is 35.4 Å². The van der Waals surface area contributed by atoms with Crippen LogP contribution in [0, 0.1) is 0 Å². The molecule has 2 atom stereocenters. The molecule has 4 aliphatic rings. The Morgan fingerprint density at radius 2 is 0.987 bits per heavy atom. The summed E-state index contributed by atoms with van der Waals surface area (Å²) in [5.74, 6) is 2.37. The molecular formula is C58H75ClN10O6. The average Bonchev–Trinajstić information content (AvgIpc) is 3.98. The molecule has 2 saturated heterocycles. The SMILES string of the molecule is CC(=O)Cl.COC(=O)N1c2ccc3c(nc(CCc4ccccc4)n3CCN3CCN(C(C)=O)CC3)c2CC[C@@H]1C.COC(=O)N1c2ccc3c(nc(CCc4ccccc4)n3CCN3CCNCC3)c2CC[C@@H]1C. The minimum atomic E-state index is -0.361. The minimum absolute atomic E-state index is 0.0886. The fraction of sp³-hybridized carbons (Fsp3) is 0.483. The van der Waals surface area contributed by atoms with Gasteiger partial charge in [0.1, 0.15) is 11.6 Å². The molecule has 6 aromatic rings. The smallest absolute Gasteiger partial charge is 0.414 e. The van der Waals surface area contributed by atoms with Gasteiger partial charge in [-0.25, -0.2) is 19.6 Å². The molecule has 1 N–H and O–H groups in total. The number of carbonyl (C=O) groups is 4. The number of aromatic nitrogens is 4. The van der Waals surface area contributed by atoms with Crippen LogP contribution in [-0.2, 0) is 70.7 Å². The molecule has 17 heteroatoms. The Morgan fingerprint density at radius 3 is 1.39 bits per heavy atom. The molecule has 75 heavy (non-hydrogen) atoms. The minimum Gasteiger partial charge on any atom is -0.452 e. The van der Waals surface area contributed by atoms with Gasteiger partial charge in [-0.3, -0.25) is 29.2 Å². The van der Waals surface area contributed by atoms with Crippen molar-refractivity contribution in [2.24, 2.45) is 0 Å². The number of imidazole rings is 2. The van der Waals surface area contributed by atoms with Gasteiger partial charge < -0.3 is 28.8 Å². The summed E-state index contributed by atoms with van der Waals surface area (Å²) in [6.45, 7) is 18.5. The molecule has 400 valence electrons. The number of anilines is 2. The second-order valence-electron chi connectivity index (χ2n) is 20.1. The first-order valence-electron chi connectivity index (χ1n) is 26.8. The molecule has 4 aromatic carbocycles. The maximum absolute atomic E-state index is 12.6. The molecule has 4 aliphatic heterocycles. The van der Waals surface area contributed by atoms with Crippen molar-refractivity contribution in [3.05, 3.63) is 119 Å². The Bertz CT molecular complexity index is 2890. The fourth-order valence-corrected chi connectivity index (χ4v) is 11.1. The van der Waals surface area contributed by atoms with E-state index < -0.39 is 0 Å². The number of nitrogens with zero attached hydrogens (tertiary/aromatic N) is 9. The van der Waals surface area contributed by atoms with Crippen molar-refractivity contribution in [3.63, 3.8) is 0 Å². The first kappa shape index (κ1) is 54.9. The summed E-state index contributed by atoms with van der Waals surface area (Å²) >= 11 is 4.64. The van der Waals surface area contributed by atoms with Crippen LogP contribution in [0.3, 0.4) is 0 Å². The molecule has 16 nitrogen and oxygen atoms in total. The van der Waals surface area contributed by atoms with Crippen LogP contribution in [-0.4, -0.2) is 149 Å². The third-order valence-electron chi connectivity index (χ3n) is 15.2. The molecule has 0 radical (unpaired) electrons. The lowest BCUT2D eigenvalue weighted by atomic mass is 9.96. The van der Waals surface area contributed by atoms with Crippen molar-refractivity contribution >= 4 is 68.4 Å². The van der Waals surface area contributed by atoms with Crippen molar-refractivity contribution in [1.82, 2.24) is 39.1 Å². The maximum Gasteiger partial charge on any atom is 0.414 e. The van der Waals surface area contributed by atoms with E-state index in [0.717, 1.165) is 175 Å². The van der Waals surface area contributed by atoms with Crippen molar-refractivity contribution in [1.29, 1.82) is 0 Å². The van der Waals surface area contributed by atoms with Crippen LogP contribution in [0.1, 0.15) is 74.4 Å². The Morgan fingerprint density at radius 1 is 0.573 bits per heavy atom. The third-order valence-corrected chi connectivity index (χ3v) is 15.2. The lowest BCUT2D eigenvalue weighted by molar-refractivity contribution is -0.130. The number of hydrogen-bond acceptors (Lipinski definition) is 11. The van der Waals surface area contributed by atoms with Crippen LogP contribution in [0.5, 0.6) is 0 Å². The van der Waals surface area contributed by atoms with Gasteiger partial charge in [0.25, 0.3) is 0 Å². The number of ether oxygens (including phenoxy) is 2. The van der Waals surface area contributed by atoms with Crippen LogP contribution in [0.2, 0.25) is 0 Å². The Labute approximate surface area is 446 Å². The monoisotopic (exact) mass is 1040 g/mol. The van der Waals surface area contributed by atoms with E-state index >= 15 is 0 Å². The Balaban J connectivity index is 0.000000187. The van der Waals surface area contributed by atoms with Gasteiger partial charge in [-0.1, -0.05) is 60.7 Å². The number of aryl methyl sites for hydroxylation is 6. The molecule has 6 heterocycles. The summed E-state index contributed by atoms with van der Waals surface area (Å²) in [5.41, 5.74) is 11.1. The quantitative estimate of drug-likeness (QED) is 0.118. The summed E-state index contributed by atoms with van der Waals surface area (Å²) in [7, 11) is 2.89. The second-order valence-corrected chi connectivity index (χ2v) is 20.6. The van der Waals surface area contributed by atoms with E-state index in [2.05, 4.69) is 129 Å². The Hall–Kier alpha value is -6.33. The number of methoxy groups -OCH3 is 2. The number of benzene rings is 4. The number of halogens is 1. The van der Waals surface area contributed by atoms with Gasteiger partial charge >= 0.3 is 12.2 Å². The number of carbonyl (C=O) groups excluding carboxylic acids is 4. The van der Waals surface area contributed by atoms with Gasteiger partial charge in [-0.2, -0.15) is 0 Å². The number of piperazine rings is 2. The van der Waals surface area contributed by atoms with Gasteiger partial charge in [0.2, 0.25) is 11.1 Å². The predicted molar refractivity (Wildman–Crippen MR) is 297 cm³/mol. The Kier molecular flexibility index (Phi) is 19.0. The van der Waals surface area contributed by atoms with Gasteiger partial charge in [-0.15, -0.1) is 0 Å². The summed E-state index contributed by atoms with van der Waals surface area (Å²) in [5, 5.41) is 3.08. The molecule has 0 unspecified atom stereocenters. The first-order chi connectivity index (χ1) is 36.3. The van der Waals surface area contributed by atoms with Gasteiger partial charge in [0.15, 0.2) is 0 Å². The molecule has 2 aromatic heterocycles. The largest absolute Gasteiger partial charge is 0.452 e. The maximum atomic E-state index is 12.6. The predicted octanol–water partition coefficient (Wildman–Crippen LogP) is 8.30. The zero-order chi connectivity index (χ0) is 53.0. The summed E-state index contributed by atoms with van der Waals surface area (Å²) in [6, 6.07) is 29.8. The van der Waals surface area contributed by atoms with Crippen molar-refractivity contribution in [2.75, 3.05) is 89.5 Å². The van der Waals surface area contributed by atoms with Crippen molar-refractivity contribution < 1.29 is 28.7 Å². The lowest BCUT2D eigenvalue weighted by Crippen LogP contribution is -2.48. The zero-order valence-electron chi connectivity index (χ0n) is 44.7. The molecule has 0 saturated carbocycles. The molecule has 0 spiro atoms. The summed E-state index contributed by atoms with van der Waals surface area (Å²) < 4.78 is 15.0. The van der Waals surface area contributed by atoms with Crippen molar-refractivity contribution in [2.45, 2.75) is 104 Å². The summed E-state index contributed by atoms with van der Waals surface area (Å²) in [6.07, 6.45) is 6.63. The van der Waals surface area contributed by atoms with E-state index in [1.54, 1.807) is 16.7 Å². The molecule has 0 aliphatic carbocycles. The van der Waals surface area contributed by atoms with Gasteiger partial charge in [0.05, 0.1) is 47.7 Å². The van der Waals surface area contributed by atoms with Gasteiger partial charge in [0, 0.05) is 128 Å². The van der Waals surface area contributed by atoms with Crippen LogP contribution in [0.15, 0.2) is 84.9 Å². The standard InChI is InChI=1S/C29H37N5O3.C27H35N5O2.C2H3ClO/c1-21-9-11-24-25(34(21)29(36)37-3)12-13-26-28(24)30-27(14-10-23-7-5-4-6-8-23)33(26)20-17-31-15-18-32(19-16-31)22(2)35;1-20-8-10-22-23(32(20)27(33)34-2)11-12-24-26(22)29-25(13-9-21-6-4-3-5-7-21)31(24)19-18-30-16-14-28-15-17-30;1-2(3)4/h4-8,12-13,21H,9-11,14-20H2,1-3H3;3-7,11-12,20,28H,8-10,13-19H2,1-2H3;1H3/t21-;20-;/m00./s1. The molecule has 2 fully saturated rings. The van der Waals surface area contributed by atoms with E-state index in [0.29, 0.717) is 0 Å². The summed E-state index contributed by atoms with van der Waals surface area (Å²) in [4.78, 5) is 66.9. The second kappa shape index (κ2) is 25.9. The van der Waals surface area contributed by atoms with Crippen LogP contribution in [0.25, 0.3) is 22.1 Å². The number of fused-ring (bicyclic) bond motifs is 6. The number of nitrogens with one attached hydrogen (secondary N) is 1. The molecule has 0 bridgehead atoms.